The van der Waals surface area contributed by atoms with Crippen molar-refractivity contribution in [3.05, 3.63) is 0 Å². The van der Waals surface area contributed by atoms with Crippen molar-refractivity contribution in [1.29, 1.82) is 0 Å². The van der Waals surface area contributed by atoms with E-state index in [1.165, 1.54) is 0 Å². The van der Waals surface area contributed by atoms with Gasteiger partial charge in [0.15, 0.2) is 0 Å². The maximum atomic E-state index is 13.0. The van der Waals surface area contributed by atoms with Crippen molar-refractivity contribution in [2.24, 2.45) is 23.7 Å². The van der Waals surface area contributed by atoms with E-state index in [0.717, 1.165) is 38.8 Å². The summed E-state index contributed by atoms with van der Waals surface area (Å²) in [5.41, 5.74) is 0. The molecule has 5 unspecified atom stereocenters. The van der Waals surface area contributed by atoms with Crippen molar-refractivity contribution >= 4 is 39.1 Å². The predicted molar refractivity (Wildman–Crippen MR) is 226 cm³/mol. The van der Waals surface area contributed by atoms with Crippen LogP contribution in [0.5, 0.6) is 0 Å². The Morgan fingerprint density at radius 3 is 1.53 bits per heavy atom. The van der Waals surface area contributed by atoms with Crippen LogP contribution in [0.2, 0.25) is 0 Å². The molecule has 59 heavy (non-hydrogen) atoms. The fourth-order valence-electron chi connectivity index (χ4n) is 8.03. The largest absolute Gasteiger partial charge is 0.382 e. The van der Waals surface area contributed by atoms with Crippen LogP contribution >= 0.6 is 23.2 Å². The normalized spacial score (nSPS) is 25.3. The van der Waals surface area contributed by atoms with Crippen LogP contribution < -0.4 is 10.0 Å². The van der Waals surface area contributed by atoms with Crippen LogP contribution in [0.1, 0.15) is 44.9 Å². The number of carbonyl (C=O) groups excluding carboxylic acids is 1. The van der Waals surface area contributed by atoms with Crippen LogP contribution in [0, 0.1) is 23.7 Å². The number of piperidine rings is 1. The summed E-state index contributed by atoms with van der Waals surface area (Å²) < 4.78 is 82.8. The highest BCUT2D eigenvalue weighted by Gasteiger charge is 2.47. The molecule has 3 fully saturated rings. The van der Waals surface area contributed by atoms with Crippen LogP contribution in [-0.2, 0) is 62.2 Å². The van der Waals surface area contributed by atoms with Gasteiger partial charge in [0.1, 0.15) is 0 Å². The molecule has 0 aromatic rings. The first-order valence-corrected chi connectivity index (χ1v) is 24.0. The van der Waals surface area contributed by atoms with Gasteiger partial charge in [-0.3, -0.25) is 4.79 Å². The van der Waals surface area contributed by atoms with Gasteiger partial charge in [-0.15, -0.1) is 23.2 Å². The van der Waals surface area contributed by atoms with Crippen LogP contribution in [-0.4, -0.2) is 201 Å². The number of rotatable bonds is 36. The Morgan fingerprint density at radius 2 is 1.02 bits per heavy atom. The zero-order valence-corrected chi connectivity index (χ0v) is 38.0. The fraction of sp³-hybridized carbons (Fsp3) is 0.975. The molecule has 0 aromatic heterocycles. The molecule has 3 rings (SSSR count). The lowest BCUT2D eigenvalue weighted by atomic mass is 9.63. The third-order valence-corrected chi connectivity index (χ3v) is 13.8. The average molecular weight is 909 g/mol. The number of alkyl halides is 2. The third kappa shape index (κ3) is 23.7. The van der Waals surface area contributed by atoms with Crippen molar-refractivity contribution in [1.82, 2.24) is 14.9 Å². The molecule has 0 aromatic carbocycles. The summed E-state index contributed by atoms with van der Waals surface area (Å²) in [6.07, 6.45) is 5.37. The average Bonchev–Trinajstić information content (AvgIpc) is 3.22. The Labute approximate surface area is 363 Å². The van der Waals surface area contributed by atoms with Crippen LogP contribution in [0.15, 0.2) is 0 Å². The molecule has 348 valence electrons. The predicted octanol–water partition coefficient (Wildman–Crippen LogP) is 2.57. The third-order valence-electron chi connectivity index (χ3n) is 11.0. The molecule has 0 spiro atoms. The highest BCUT2D eigenvalue weighted by atomic mass is 35.5. The number of halogens is 2. The summed E-state index contributed by atoms with van der Waals surface area (Å²) in [6, 6.07) is 0. The molecule has 1 amide bonds. The molecule has 0 radical (unpaired) electrons. The maximum Gasteiger partial charge on any atom is 0.222 e. The van der Waals surface area contributed by atoms with E-state index in [1.54, 1.807) is 7.11 Å². The van der Waals surface area contributed by atoms with Gasteiger partial charge in [-0.05, 0) is 69.2 Å². The monoisotopic (exact) mass is 907 g/mol. The van der Waals surface area contributed by atoms with Gasteiger partial charge in [0, 0.05) is 50.5 Å². The van der Waals surface area contributed by atoms with E-state index in [9.17, 15) is 13.2 Å². The minimum Gasteiger partial charge on any atom is -0.382 e. The Hall–Kier alpha value is -0.480. The van der Waals surface area contributed by atoms with Crippen molar-refractivity contribution in [3.63, 3.8) is 0 Å². The number of sulfonamides is 1. The standard InChI is InChI=1S/C40H75Cl2N3O13S/c1-45-31-37(36-29-34(41)30-39(42)38(36)32-45)33-3-5-35(6-4-33)59(47,48)44-9-12-52-17-20-55-19-16-51-11-8-43-40(46)7-10-50-15-18-54-23-24-57-27-28-58-26-25-56-22-21-53-14-13-49-2/h33-39,44H,3-32H2,1-2H3,(H,43,46). The fourth-order valence-corrected chi connectivity index (χ4v) is 10.5. The molecule has 2 saturated carbocycles. The van der Waals surface area contributed by atoms with Gasteiger partial charge < -0.3 is 57.6 Å². The topological polar surface area (TPSA) is 171 Å². The lowest BCUT2D eigenvalue weighted by Crippen LogP contribution is -2.53. The zero-order valence-electron chi connectivity index (χ0n) is 35.7. The van der Waals surface area contributed by atoms with Gasteiger partial charge in [0.25, 0.3) is 0 Å². The van der Waals surface area contributed by atoms with Gasteiger partial charge in [-0.2, -0.15) is 0 Å². The number of methoxy groups -OCH3 is 1. The van der Waals surface area contributed by atoms with Gasteiger partial charge >= 0.3 is 0 Å². The Bertz CT molecular complexity index is 1160. The molecular weight excluding hydrogens is 833 g/mol. The number of hydrogen-bond acceptors (Lipinski definition) is 14. The summed E-state index contributed by atoms with van der Waals surface area (Å²) >= 11 is 13.4. The first-order chi connectivity index (χ1) is 28.7. The van der Waals surface area contributed by atoms with Crippen molar-refractivity contribution < 1.29 is 60.6 Å². The molecule has 2 N–H and O–H groups in total. The molecule has 0 bridgehead atoms. The van der Waals surface area contributed by atoms with Gasteiger partial charge in [-0.1, -0.05) is 0 Å². The molecule has 16 nitrogen and oxygen atoms in total. The molecule has 1 saturated heterocycles. The van der Waals surface area contributed by atoms with E-state index in [2.05, 4.69) is 22.0 Å². The van der Waals surface area contributed by atoms with E-state index in [4.69, 9.17) is 70.6 Å². The summed E-state index contributed by atoms with van der Waals surface area (Å²) in [4.78, 5) is 14.4. The Kier molecular flexibility index (Phi) is 29.6. The Balaban J connectivity index is 1.02. The van der Waals surface area contributed by atoms with E-state index in [-0.39, 0.29) is 41.5 Å². The summed E-state index contributed by atoms with van der Waals surface area (Å²) in [7, 11) is 0.412. The smallest absolute Gasteiger partial charge is 0.222 e. The second-order valence-electron chi connectivity index (χ2n) is 15.4. The molecule has 5 atom stereocenters. The minimum atomic E-state index is -3.40. The highest BCUT2D eigenvalue weighted by Crippen LogP contribution is 2.48. The number of nitrogens with one attached hydrogen (secondary N) is 2. The van der Waals surface area contributed by atoms with Gasteiger partial charge in [-0.25, -0.2) is 13.1 Å². The molecule has 1 aliphatic heterocycles. The van der Waals surface area contributed by atoms with E-state index >= 15 is 0 Å². The summed E-state index contributed by atoms with van der Waals surface area (Å²) in [5, 5.41) is 2.70. The molecule has 3 aliphatic rings. The quantitative estimate of drug-likeness (QED) is 0.0695. The molecular formula is C40H75Cl2N3O13S. The van der Waals surface area contributed by atoms with Crippen LogP contribution in [0.3, 0.4) is 0 Å². The van der Waals surface area contributed by atoms with E-state index < -0.39 is 10.0 Å². The number of hydrogen-bond donors (Lipinski definition) is 2. The maximum absolute atomic E-state index is 13.0. The molecule has 1 heterocycles. The SMILES string of the molecule is COCCOCCOCCOCCOCCOCCOCCC(=O)NCCOCCOCCOCCNS(=O)(=O)C1CCC(C2CN(C)CC3C(Cl)CC(Cl)CC32)CC1. The Morgan fingerprint density at radius 1 is 0.576 bits per heavy atom. The minimum absolute atomic E-state index is 0.108. The second-order valence-corrected chi connectivity index (χ2v) is 18.6. The van der Waals surface area contributed by atoms with Gasteiger partial charge in [0.2, 0.25) is 15.9 Å². The molecule has 2 aliphatic carbocycles. The number of ether oxygens (including phenoxy) is 10. The van der Waals surface area contributed by atoms with E-state index in [1.807, 2.05) is 0 Å². The second kappa shape index (κ2) is 33.1. The van der Waals surface area contributed by atoms with Crippen LogP contribution in [0.4, 0.5) is 0 Å². The van der Waals surface area contributed by atoms with Gasteiger partial charge in [0.05, 0.1) is 131 Å². The van der Waals surface area contributed by atoms with Crippen molar-refractivity contribution in [2.45, 2.75) is 60.9 Å². The number of nitrogens with zero attached hydrogens (tertiary/aromatic N) is 1. The number of carbonyl (C=O) groups is 1. The van der Waals surface area contributed by atoms with Crippen molar-refractivity contribution in [2.75, 3.05) is 166 Å². The lowest BCUT2D eigenvalue weighted by Gasteiger charge is -2.51. The summed E-state index contributed by atoms with van der Waals surface area (Å²) in [5.74, 6) is 1.93. The van der Waals surface area contributed by atoms with Crippen LogP contribution in [0.25, 0.3) is 0 Å². The number of likely N-dealkylation sites (tertiary alicyclic amines) is 1. The summed E-state index contributed by atoms with van der Waals surface area (Å²) in [6.45, 7) is 11.1. The number of fused-ring (bicyclic) bond motifs is 1. The first-order valence-electron chi connectivity index (χ1n) is 21.6. The highest BCUT2D eigenvalue weighted by molar-refractivity contribution is 7.90. The zero-order chi connectivity index (χ0) is 42.4. The molecule has 19 heteroatoms. The number of amides is 1. The lowest BCUT2D eigenvalue weighted by molar-refractivity contribution is -0.122. The van der Waals surface area contributed by atoms with Crippen molar-refractivity contribution in [3.8, 4) is 0 Å². The first kappa shape index (κ1) is 52.9. The van der Waals surface area contributed by atoms with E-state index in [0.29, 0.717) is 162 Å².